The normalized spacial score (nSPS) is 13.9. The number of nitrogens with zero attached hydrogens (tertiary/aromatic N) is 4. The molecule has 0 aliphatic carbocycles. The number of methoxy groups -OCH3 is 1. The van der Waals surface area contributed by atoms with Crippen molar-refractivity contribution >= 4 is 17.8 Å². The largest absolute Gasteiger partial charge is 0.496 e. The summed E-state index contributed by atoms with van der Waals surface area (Å²) in [6, 6.07) is 4.81. The van der Waals surface area contributed by atoms with Crippen LogP contribution in [0.3, 0.4) is 0 Å². The van der Waals surface area contributed by atoms with Crippen LogP contribution in [0.15, 0.2) is 18.2 Å². The molecule has 0 saturated carbocycles. The summed E-state index contributed by atoms with van der Waals surface area (Å²) in [4.78, 5) is 25.1. The average molecular weight is 245 g/mol. The van der Waals surface area contributed by atoms with E-state index in [0.717, 1.165) is 4.90 Å². The summed E-state index contributed by atoms with van der Waals surface area (Å²) in [6.45, 7) is 0. The number of anilines is 1. The number of fused-ring (bicyclic) bond motifs is 1. The van der Waals surface area contributed by atoms with E-state index in [0.29, 0.717) is 5.75 Å². The second-order valence-corrected chi connectivity index (χ2v) is 3.54. The molecule has 8 nitrogen and oxygen atoms in total. The Kier molecular flexibility index (Phi) is 2.09. The number of carbonyl (C=O) groups is 2. The van der Waals surface area contributed by atoms with Gasteiger partial charge in [0.15, 0.2) is 0 Å². The standard InChI is InChI=1S/C10H7N5O3/c1-18-6-4-2-3-5-7(6)9(17)15(8(5)16)10-11-13-14-12-10/h2-4H,1H3,(H,11,12,13,14). The van der Waals surface area contributed by atoms with Gasteiger partial charge in [-0.3, -0.25) is 9.59 Å². The minimum absolute atomic E-state index is 0.0803. The van der Waals surface area contributed by atoms with E-state index >= 15 is 0 Å². The number of nitrogens with one attached hydrogen (secondary N) is 1. The molecule has 0 unspecified atom stereocenters. The van der Waals surface area contributed by atoms with Gasteiger partial charge in [-0.15, -0.1) is 5.10 Å². The Bertz CT molecular complexity index is 637. The van der Waals surface area contributed by atoms with Gasteiger partial charge in [0, 0.05) is 0 Å². The summed E-state index contributed by atoms with van der Waals surface area (Å²) in [5.74, 6) is -0.746. The number of benzene rings is 1. The van der Waals surface area contributed by atoms with Crippen molar-refractivity contribution < 1.29 is 14.3 Å². The lowest BCUT2D eigenvalue weighted by molar-refractivity contribution is 0.0923. The molecule has 0 radical (unpaired) electrons. The smallest absolute Gasteiger partial charge is 0.279 e. The summed E-state index contributed by atoms with van der Waals surface area (Å²) < 4.78 is 5.08. The predicted molar refractivity (Wildman–Crippen MR) is 58.3 cm³/mol. The summed E-state index contributed by atoms with van der Waals surface area (Å²) in [6.07, 6.45) is 0. The van der Waals surface area contributed by atoms with Crippen LogP contribution in [-0.4, -0.2) is 39.5 Å². The number of imide groups is 1. The molecule has 0 bridgehead atoms. The maximum absolute atomic E-state index is 12.2. The maximum Gasteiger partial charge on any atom is 0.279 e. The first-order valence-corrected chi connectivity index (χ1v) is 5.03. The number of hydrogen-bond donors (Lipinski definition) is 1. The van der Waals surface area contributed by atoms with E-state index in [-0.39, 0.29) is 17.1 Å². The van der Waals surface area contributed by atoms with Gasteiger partial charge in [-0.25, -0.2) is 4.90 Å². The molecule has 2 amide bonds. The van der Waals surface area contributed by atoms with Crippen LogP contribution in [0.5, 0.6) is 5.75 Å². The minimum atomic E-state index is -0.520. The lowest BCUT2D eigenvalue weighted by atomic mass is 10.1. The number of ether oxygens (including phenoxy) is 1. The van der Waals surface area contributed by atoms with Gasteiger partial charge >= 0.3 is 0 Å². The molecule has 0 saturated heterocycles. The first kappa shape index (κ1) is 10.4. The van der Waals surface area contributed by atoms with Gasteiger partial charge in [0.2, 0.25) is 0 Å². The van der Waals surface area contributed by atoms with Crippen molar-refractivity contribution in [3.05, 3.63) is 29.3 Å². The van der Waals surface area contributed by atoms with Gasteiger partial charge in [-0.05, 0) is 17.3 Å². The summed E-state index contributed by atoms with van der Waals surface area (Å²) in [7, 11) is 1.43. The Balaban J connectivity index is 2.17. The van der Waals surface area contributed by atoms with Crippen LogP contribution in [0.25, 0.3) is 0 Å². The number of hydrogen-bond acceptors (Lipinski definition) is 6. The van der Waals surface area contributed by atoms with Crippen molar-refractivity contribution in [2.45, 2.75) is 0 Å². The van der Waals surface area contributed by atoms with Gasteiger partial charge in [-0.2, -0.15) is 5.21 Å². The van der Waals surface area contributed by atoms with Gasteiger partial charge < -0.3 is 4.74 Å². The summed E-state index contributed by atoms with van der Waals surface area (Å²) >= 11 is 0. The Hall–Kier alpha value is -2.77. The van der Waals surface area contributed by atoms with Crippen LogP contribution >= 0.6 is 0 Å². The highest BCUT2D eigenvalue weighted by atomic mass is 16.5. The third kappa shape index (κ3) is 1.22. The van der Waals surface area contributed by atoms with E-state index < -0.39 is 11.8 Å². The average Bonchev–Trinajstić information content (AvgIpc) is 2.98. The molecule has 1 aromatic carbocycles. The van der Waals surface area contributed by atoms with Crippen molar-refractivity contribution in [3.8, 4) is 5.75 Å². The zero-order valence-electron chi connectivity index (χ0n) is 9.25. The highest BCUT2D eigenvalue weighted by Crippen LogP contribution is 2.32. The third-order valence-electron chi connectivity index (χ3n) is 2.63. The van der Waals surface area contributed by atoms with Gasteiger partial charge in [0.25, 0.3) is 17.8 Å². The molecule has 0 atom stereocenters. The lowest BCUT2D eigenvalue weighted by Gasteiger charge is -2.07. The molecule has 1 aliphatic rings. The quantitative estimate of drug-likeness (QED) is 0.748. The molecule has 0 spiro atoms. The number of amides is 2. The van der Waals surface area contributed by atoms with Crippen LogP contribution in [-0.2, 0) is 0 Å². The summed E-state index contributed by atoms with van der Waals surface area (Å²) in [5.41, 5.74) is 0.485. The van der Waals surface area contributed by atoms with Crippen LogP contribution in [0.4, 0.5) is 5.95 Å². The SMILES string of the molecule is COc1cccc2c1C(=O)N(c1nn[nH]n1)C2=O. The molecule has 90 valence electrons. The van der Waals surface area contributed by atoms with Crippen molar-refractivity contribution in [2.24, 2.45) is 0 Å². The van der Waals surface area contributed by atoms with Gasteiger partial charge in [0.05, 0.1) is 18.2 Å². The number of aromatic amines is 1. The number of carbonyl (C=O) groups excluding carboxylic acids is 2. The van der Waals surface area contributed by atoms with E-state index in [4.69, 9.17) is 4.74 Å². The Morgan fingerprint density at radius 1 is 1.28 bits per heavy atom. The van der Waals surface area contributed by atoms with Gasteiger partial charge in [0.1, 0.15) is 5.75 Å². The molecular formula is C10H7N5O3. The molecule has 1 aliphatic heterocycles. The maximum atomic E-state index is 12.2. The second kappa shape index (κ2) is 3.62. The fourth-order valence-corrected chi connectivity index (χ4v) is 1.86. The van der Waals surface area contributed by atoms with E-state index in [1.54, 1.807) is 18.2 Å². The first-order valence-electron chi connectivity index (χ1n) is 5.03. The van der Waals surface area contributed by atoms with Crippen molar-refractivity contribution in [1.82, 2.24) is 20.6 Å². The van der Waals surface area contributed by atoms with Crippen molar-refractivity contribution in [2.75, 3.05) is 12.0 Å². The highest BCUT2D eigenvalue weighted by molar-refractivity contribution is 6.34. The Morgan fingerprint density at radius 3 is 2.78 bits per heavy atom. The zero-order chi connectivity index (χ0) is 12.7. The molecule has 2 aromatic rings. The Morgan fingerprint density at radius 2 is 2.11 bits per heavy atom. The van der Waals surface area contributed by atoms with Crippen LogP contribution in [0, 0.1) is 0 Å². The number of H-pyrrole nitrogens is 1. The van der Waals surface area contributed by atoms with Crippen LogP contribution in [0.1, 0.15) is 20.7 Å². The predicted octanol–water partition coefficient (Wildman–Crippen LogP) is 0.00890. The van der Waals surface area contributed by atoms with Gasteiger partial charge in [-0.1, -0.05) is 11.2 Å². The Labute approximate surface area is 101 Å². The van der Waals surface area contributed by atoms with Crippen molar-refractivity contribution in [1.29, 1.82) is 0 Å². The molecule has 8 heteroatoms. The first-order chi connectivity index (χ1) is 8.74. The minimum Gasteiger partial charge on any atom is -0.496 e. The molecule has 0 fully saturated rings. The molecule has 3 rings (SSSR count). The van der Waals surface area contributed by atoms with Crippen molar-refractivity contribution in [3.63, 3.8) is 0 Å². The zero-order valence-corrected chi connectivity index (χ0v) is 9.25. The molecular weight excluding hydrogens is 238 g/mol. The molecule has 2 heterocycles. The summed E-state index contributed by atoms with van der Waals surface area (Å²) in [5, 5.41) is 12.8. The van der Waals surface area contributed by atoms with Crippen LogP contribution < -0.4 is 9.64 Å². The van der Waals surface area contributed by atoms with E-state index in [1.807, 2.05) is 0 Å². The number of aromatic nitrogens is 4. The third-order valence-corrected chi connectivity index (χ3v) is 2.63. The van der Waals surface area contributed by atoms with Crippen LogP contribution in [0.2, 0.25) is 0 Å². The molecule has 18 heavy (non-hydrogen) atoms. The number of tetrazole rings is 1. The topological polar surface area (TPSA) is 101 Å². The fourth-order valence-electron chi connectivity index (χ4n) is 1.86. The van der Waals surface area contributed by atoms with E-state index in [2.05, 4.69) is 20.6 Å². The second-order valence-electron chi connectivity index (χ2n) is 3.54. The lowest BCUT2D eigenvalue weighted by Crippen LogP contribution is -2.30. The highest BCUT2D eigenvalue weighted by Gasteiger charge is 2.41. The number of rotatable bonds is 2. The fraction of sp³-hybridized carbons (Fsp3) is 0.100. The van der Waals surface area contributed by atoms with E-state index in [1.165, 1.54) is 7.11 Å². The molecule has 1 aromatic heterocycles. The van der Waals surface area contributed by atoms with E-state index in [9.17, 15) is 9.59 Å². The monoisotopic (exact) mass is 245 g/mol. The molecule has 1 N–H and O–H groups in total.